The van der Waals surface area contributed by atoms with Gasteiger partial charge in [-0.1, -0.05) is 24.3 Å². The van der Waals surface area contributed by atoms with E-state index in [0.29, 0.717) is 19.8 Å². The summed E-state index contributed by atoms with van der Waals surface area (Å²) < 4.78 is 11.4. The van der Waals surface area contributed by atoms with Gasteiger partial charge in [0.2, 0.25) is 0 Å². The van der Waals surface area contributed by atoms with Gasteiger partial charge >= 0.3 is 0 Å². The number of rotatable bonds is 7. The molecule has 1 aromatic rings. The Hall–Kier alpha value is -0.900. The van der Waals surface area contributed by atoms with Crippen molar-refractivity contribution in [3.63, 3.8) is 0 Å². The maximum Gasteiger partial charge on any atom is 0.0721 e. The first-order chi connectivity index (χ1) is 9.67. The van der Waals surface area contributed by atoms with Gasteiger partial charge in [0.25, 0.3) is 0 Å². The van der Waals surface area contributed by atoms with Crippen molar-refractivity contribution >= 4 is 0 Å². The molecule has 0 heterocycles. The highest BCUT2D eigenvalue weighted by Crippen LogP contribution is 2.12. The second-order valence-corrected chi connectivity index (χ2v) is 7.39. The molecule has 1 N–H and O–H groups in total. The lowest BCUT2D eigenvalue weighted by atomic mass is 10.1. The van der Waals surface area contributed by atoms with Crippen molar-refractivity contribution in [3.8, 4) is 0 Å². The molecule has 0 bridgehead atoms. The molecule has 120 valence electrons. The molecule has 0 aromatic heterocycles. The second kappa shape index (κ2) is 7.92. The largest absolute Gasteiger partial charge is 0.374 e. The second-order valence-electron chi connectivity index (χ2n) is 7.39. The maximum absolute atomic E-state index is 5.73. The van der Waals surface area contributed by atoms with Gasteiger partial charge in [-0.2, -0.15) is 0 Å². The third kappa shape index (κ3) is 8.86. The van der Waals surface area contributed by atoms with E-state index in [-0.39, 0.29) is 11.1 Å². The summed E-state index contributed by atoms with van der Waals surface area (Å²) >= 11 is 0. The van der Waals surface area contributed by atoms with Crippen LogP contribution in [-0.4, -0.2) is 24.4 Å². The zero-order valence-corrected chi connectivity index (χ0v) is 14.5. The summed E-state index contributed by atoms with van der Waals surface area (Å²) in [7, 11) is 0. The minimum atomic E-state index is -0.0993. The highest BCUT2D eigenvalue weighted by atomic mass is 16.5. The minimum absolute atomic E-state index is 0.0993. The molecule has 0 aliphatic heterocycles. The smallest absolute Gasteiger partial charge is 0.0721 e. The van der Waals surface area contributed by atoms with Crippen molar-refractivity contribution in [1.29, 1.82) is 0 Å². The molecule has 0 aliphatic rings. The van der Waals surface area contributed by atoms with Gasteiger partial charge in [-0.15, -0.1) is 0 Å². The van der Waals surface area contributed by atoms with Crippen molar-refractivity contribution in [2.75, 3.05) is 13.2 Å². The van der Waals surface area contributed by atoms with E-state index in [1.165, 1.54) is 11.1 Å². The third-order valence-corrected chi connectivity index (χ3v) is 2.95. The summed E-state index contributed by atoms with van der Waals surface area (Å²) in [6.45, 7) is 15.4. The quantitative estimate of drug-likeness (QED) is 0.773. The zero-order valence-electron chi connectivity index (χ0n) is 14.5. The standard InChI is InChI=1S/C18H31NO2/c1-17(2,3)19-13-15-9-7-8-10-16(15)14-20-11-12-21-18(4,5)6/h7-10,19H,11-14H2,1-6H3. The maximum atomic E-state index is 5.73. The van der Waals surface area contributed by atoms with Crippen LogP contribution in [-0.2, 0) is 22.6 Å². The van der Waals surface area contributed by atoms with Gasteiger partial charge in [0.05, 0.1) is 25.4 Å². The Morgan fingerprint density at radius 2 is 1.52 bits per heavy atom. The van der Waals surface area contributed by atoms with Crippen molar-refractivity contribution < 1.29 is 9.47 Å². The molecule has 0 saturated heterocycles. The van der Waals surface area contributed by atoms with E-state index in [0.717, 1.165) is 6.54 Å². The lowest BCUT2D eigenvalue weighted by molar-refractivity contribution is -0.0377. The molecule has 3 nitrogen and oxygen atoms in total. The number of benzene rings is 1. The van der Waals surface area contributed by atoms with Crippen LogP contribution in [0.3, 0.4) is 0 Å². The fraction of sp³-hybridized carbons (Fsp3) is 0.667. The van der Waals surface area contributed by atoms with Gasteiger partial charge in [0, 0.05) is 12.1 Å². The highest BCUT2D eigenvalue weighted by Gasteiger charge is 2.11. The Kier molecular flexibility index (Phi) is 6.85. The Balaban J connectivity index is 2.41. The topological polar surface area (TPSA) is 30.5 Å². The molecule has 1 rings (SSSR count). The molecular formula is C18H31NO2. The Morgan fingerprint density at radius 3 is 2.10 bits per heavy atom. The fourth-order valence-electron chi connectivity index (χ4n) is 1.82. The monoisotopic (exact) mass is 293 g/mol. The summed E-state index contributed by atoms with van der Waals surface area (Å²) in [5.74, 6) is 0. The first-order valence-corrected chi connectivity index (χ1v) is 7.71. The average molecular weight is 293 g/mol. The molecule has 0 amide bonds. The van der Waals surface area contributed by atoms with E-state index < -0.39 is 0 Å². The fourth-order valence-corrected chi connectivity index (χ4v) is 1.82. The van der Waals surface area contributed by atoms with E-state index in [2.05, 4.69) is 71.1 Å². The minimum Gasteiger partial charge on any atom is -0.374 e. The summed E-state index contributed by atoms with van der Waals surface area (Å²) in [4.78, 5) is 0. The molecule has 0 aliphatic carbocycles. The molecule has 1 aromatic carbocycles. The van der Waals surface area contributed by atoms with Crippen LogP contribution >= 0.6 is 0 Å². The van der Waals surface area contributed by atoms with E-state index in [1.54, 1.807) is 0 Å². The predicted molar refractivity (Wildman–Crippen MR) is 88.4 cm³/mol. The van der Waals surface area contributed by atoms with Gasteiger partial charge in [0.1, 0.15) is 0 Å². The first-order valence-electron chi connectivity index (χ1n) is 7.71. The van der Waals surface area contributed by atoms with Crippen LogP contribution < -0.4 is 5.32 Å². The molecule has 0 saturated carbocycles. The first kappa shape index (κ1) is 18.1. The van der Waals surface area contributed by atoms with Crippen LogP contribution in [0.15, 0.2) is 24.3 Å². The van der Waals surface area contributed by atoms with Gasteiger partial charge in [0.15, 0.2) is 0 Å². The lowest BCUT2D eigenvalue weighted by Crippen LogP contribution is -2.35. The molecule has 0 atom stereocenters. The van der Waals surface area contributed by atoms with Gasteiger partial charge in [-0.05, 0) is 52.7 Å². The molecular weight excluding hydrogens is 262 g/mol. The summed E-state index contributed by atoms with van der Waals surface area (Å²) in [5, 5.41) is 3.52. The summed E-state index contributed by atoms with van der Waals surface area (Å²) in [6.07, 6.45) is 0. The molecule has 3 heteroatoms. The summed E-state index contributed by atoms with van der Waals surface area (Å²) in [6, 6.07) is 8.42. The Morgan fingerprint density at radius 1 is 0.905 bits per heavy atom. The van der Waals surface area contributed by atoms with Crippen LogP contribution in [0.2, 0.25) is 0 Å². The van der Waals surface area contributed by atoms with Gasteiger partial charge in [-0.3, -0.25) is 0 Å². The molecule has 0 fully saturated rings. The molecule has 0 radical (unpaired) electrons. The van der Waals surface area contributed by atoms with E-state index in [1.807, 2.05) is 0 Å². The van der Waals surface area contributed by atoms with Crippen LogP contribution in [0.4, 0.5) is 0 Å². The highest BCUT2D eigenvalue weighted by molar-refractivity contribution is 5.26. The lowest BCUT2D eigenvalue weighted by Gasteiger charge is -2.22. The van der Waals surface area contributed by atoms with Crippen LogP contribution in [0, 0.1) is 0 Å². The van der Waals surface area contributed by atoms with E-state index >= 15 is 0 Å². The molecule has 21 heavy (non-hydrogen) atoms. The van der Waals surface area contributed by atoms with Crippen molar-refractivity contribution in [3.05, 3.63) is 35.4 Å². The van der Waals surface area contributed by atoms with Crippen molar-refractivity contribution in [2.45, 2.75) is 65.8 Å². The number of hydrogen-bond acceptors (Lipinski definition) is 3. The number of hydrogen-bond donors (Lipinski definition) is 1. The normalized spacial score (nSPS) is 12.7. The zero-order chi connectivity index (χ0) is 15.9. The summed E-state index contributed by atoms with van der Waals surface area (Å²) in [5.41, 5.74) is 2.56. The average Bonchev–Trinajstić information content (AvgIpc) is 2.35. The van der Waals surface area contributed by atoms with Crippen LogP contribution in [0.25, 0.3) is 0 Å². The van der Waals surface area contributed by atoms with E-state index in [4.69, 9.17) is 9.47 Å². The van der Waals surface area contributed by atoms with E-state index in [9.17, 15) is 0 Å². The molecule has 0 spiro atoms. The van der Waals surface area contributed by atoms with Crippen molar-refractivity contribution in [1.82, 2.24) is 5.32 Å². The third-order valence-electron chi connectivity index (χ3n) is 2.95. The molecule has 0 unspecified atom stereocenters. The Bertz CT molecular complexity index is 416. The number of nitrogens with one attached hydrogen (secondary N) is 1. The van der Waals surface area contributed by atoms with Crippen LogP contribution in [0.5, 0.6) is 0 Å². The van der Waals surface area contributed by atoms with Gasteiger partial charge < -0.3 is 14.8 Å². The van der Waals surface area contributed by atoms with Gasteiger partial charge in [-0.25, -0.2) is 0 Å². The van der Waals surface area contributed by atoms with Crippen molar-refractivity contribution in [2.24, 2.45) is 0 Å². The SMILES string of the molecule is CC(C)(C)NCc1ccccc1COCCOC(C)(C)C. The predicted octanol–water partition coefficient (Wildman–Crippen LogP) is 3.91. The number of ether oxygens (including phenoxy) is 2. The van der Waals surface area contributed by atoms with Crippen LogP contribution in [0.1, 0.15) is 52.7 Å². The Labute approximate surface area is 130 Å².